The highest BCUT2D eigenvalue weighted by Crippen LogP contribution is 2.26. The summed E-state index contributed by atoms with van der Waals surface area (Å²) in [7, 11) is 0. The lowest BCUT2D eigenvalue weighted by Gasteiger charge is -2.36. The van der Waals surface area contributed by atoms with Crippen LogP contribution >= 0.6 is 0 Å². The zero-order chi connectivity index (χ0) is 20.2. The van der Waals surface area contributed by atoms with Crippen LogP contribution in [0.25, 0.3) is 0 Å². The molecule has 0 aliphatic carbocycles. The van der Waals surface area contributed by atoms with Crippen molar-refractivity contribution in [1.82, 2.24) is 25.0 Å². The van der Waals surface area contributed by atoms with Gasteiger partial charge >= 0.3 is 0 Å². The maximum Gasteiger partial charge on any atom is 0.194 e. The van der Waals surface area contributed by atoms with Gasteiger partial charge in [-0.1, -0.05) is 23.8 Å². The highest BCUT2D eigenvalue weighted by molar-refractivity contribution is 5.80. The quantitative estimate of drug-likeness (QED) is 0.636. The molecule has 2 aromatic rings. The Morgan fingerprint density at radius 1 is 1.24 bits per heavy atom. The minimum absolute atomic E-state index is 0.0639. The summed E-state index contributed by atoms with van der Waals surface area (Å²) < 4.78 is 8.36. The maximum atomic E-state index is 6.12. The van der Waals surface area contributed by atoms with Crippen molar-refractivity contribution in [2.24, 2.45) is 4.99 Å². The molecular weight excluding hydrogens is 364 g/mol. The van der Waals surface area contributed by atoms with E-state index in [0.29, 0.717) is 13.2 Å². The monoisotopic (exact) mass is 396 g/mol. The SMILES string of the molecule is CCNC(=NCc1nnc2n1CCCC2)N1CCOC(c2ccc(C)cc2C)C1. The summed E-state index contributed by atoms with van der Waals surface area (Å²) in [5.41, 5.74) is 3.84. The molecule has 0 bridgehead atoms. The third kappa shape index (κ3) is 4.45. The summed E-state index contributed by atoms with van der Waals surface area (Å²) in [5.74, 6) is 3.00. The van der Waals surface area contributed by atoms with Crippen LogP contribution in [0.5, 0.6) is 0 Å². The fraction of sp³-hybridized carbons (Fsp3) is 0.591. The minimum Gasteiger partial charge on any atom is -0.370 e. The fourth-order valence-corrected chi connectivity index (χ4v) is 4.27. The van der Waals surface area contributed by atoms with Crippen LogP contribution in [0.3, 0.4) is 0 Å². The minimum atomic E-state index is 0.0639. The van der Waals surface area contributed by atoms with Crippen molar-refractivity contribution in [1.29, 1.82) is 0 Å². The number of rotatable bonds is 4. The lowest BCUT2D eigenvalue weighted by atomic mass is 10.00. The summed E-state index contributed by atoms with van der Waals surface area (Å²) in [5, 5.41) is 12.2. The van der Waals surface area contributed by atoms with E-state index in [2.05, 4.69) is 64.0 Å². The van der Waals surface area contributed by atoms with E-state index in [4.69, 9.17) is 9.73 Å². The number of benzene rings is 1. The topological polar surface area (TPSA) is 67.6 Å². The standard InChI is InChI=1S/C22H32N6O/c1-4-23-22(24-14-21-26-25-20-7-5-6-10-28(20)21)27-11-12-29-19(15-27)18-9-8-16(2)13-17(18)3/h8-9,13,19H,4-7,10-12,14-15H2,1-3H3,(H,23,24). The number of morpholine rings is 1. The van der Waals surface area contributed by atoms with E-state index in [9.17, 15) is 0 Å². The molecular formula is C22H32N6O. The predicted octanol–water partition coefficient (Wildman–Crippen LogP) is 2.77. The van der Waals surface area contributed by atoms with Gasteiger partial charge in [-0.2, -0.15) is 0 Å². The molecule has 0 spiro atoms. The first-order chi connectivity index (χ1) is 14.2. The molecule has 1 aromatic carbocycles. The van der Waals surface area contributed by atoms with E-state index in [1.165, 1.54) is 29.5 Å². The van der Waals surface area contributed by atoms with E-state index >= 15 is 0 Å². The molecule has 7 nitrogen and oxygen atoms in total. The molecule has 2 aliphatic heterocycles. The predicted molar refractivity (Wildman–Crippen MR) is 114 cm³/mol. The molecule has 29 heavy (non-hydrogen) atoms. The molecule has 1 aromatic heterocycles. The highest BCUT2D eigenvalue weighted by atomic mass is 16.5. The summed E-state index contributed by atoms with van der Waals surface area (Å²) >= 11 is 0. The first-order valence-electron chi connectivity index (χ1n) is 10.8. The number of aromatic nitrogens is 3. The Hall–Kier alpha value is -2.41. The van der Waals surface area contributed by atoms with Gasteiger partial charge in [0.05, 0.1) is 13.2 Å². The molecule has 0 radical (unpaired) electrons. The lowest BCUT2D eigenvalue weighted by Crippen LogP contribution is -2.48. The van der Waals surface area contributed by atoms with Gasteiger partial charge in [-0.15, -0.1) is 10.2 Å². The van der Waals surface area contributed by atoms with Crippen molar-refractivity contribution < 1.29 is 4.74 Å². The number of aliphatic imine (C=N–C) groups is 1. The Morgan fingerprint density at radius 3 is 2.97 bits per heavy atom. The van der Waals surface area contributed by atoms with E-state index in [1.807, 2.05) is 0 Å². The number of ether oxygens (including phenoxy) is 1. The molecule has 3 heterocycles. The molecule has 0 amide bonds. The van der Waals surface area contributed by atoms with Crippen LogP contribution in [0.4, 0.5) is 0 Å². The summed E-state index contributed by atoms with van der Waals surface area (Å²) in [6.45, 7) is 11.1. The molecule has 1 fully saturated rings. The molecule has 7 heteroatoms. The van der Waals surface area contributed by atoms with Gasteiger partial charge in [0, 0.05) is 26.1 Å². The molecule has 1 saturated heterocycles. The van der Waals surface area contributed by atoms with E-state index in [-0.39, 0.29) is 6.10 Å². The normalized spacial score (nSPS) is 19.9. The van der Waals surface area contributed by atoms with Gasteiger partial charge in [0.2, 0.25) is 0 Å². The highest BCUT2D eigenvalue weighted by Gasteiger charge is 2.25. The summed E-state index contributed by atoms with van der Waals surface area (Å²) in [6, 6.07) is 6.59. The molecule has 0 saturated carbocycles. The van der Waals surface area contributed by atoms with Crippen LogP contribution in [0.1, 0.15) is 54.2 Å². The summed E-state index contributed by atoms with van der Waals surface area (Å²) in [6.07, 6.45) is 3.49. The number of aryl methyl sites for hydroxylation is 3. The van der Waals surface area contributed by atoms with Gasteiger partial charge in [0.15, 0.2) is 11.8 Å². The first-order valence-corrected chi connectivity index (χ1v) is 10.8. The largest absolute Gasteiger partial charge is 0.370 e. The molecule has 1 N–H and O–H groups in total. The smallest absolute Gasteiger partial charge is 0.194 e. The molecule has 1 atom stereocenters. The molecule has 1 unspecified atom stereocenters. The van der Waals surface area contributed by atoms with Crippen molar-refractivity contribution in [2.75, 3.05) is 26.2 Å². The number of nitrogens with zero attached hydrogens (tertiary/aromatic N) is 5. The first kappa shape index (κ1) is 19.9. The second-order valence-corrected chi connectivity index (χ2v) is 7.98. The lowest BCUT2D eigenvalue weighted by molar-refractivity contribution is -0.00835. The van der Waals surface area contributed by atoms with Crippen LogP contribution in [-0.2, 0) is 24.2 Å². The fourth-order valence-electron chi connectivity index (χ4n) is 4.27. The molecule has 2 aliphatic rings. The average Bonchev–Trinajstić information content (AvgIpc) is 3.14. The molecule has 156 valence electrons. The zero-order valence-corrected chi connectivity index (χ0v) is 17.8. The van der Waals surface area contributed by atoms with Crippen molar-refractivity contribution in [3.8, 4) is 0 Å². The van der Waals surface area contributed by atoms with Crippen molar-refractivity contribution in [3.63, 3.8) is 0 Å². The number of guanidine groups is 1. The second kappa shape index (κ2) is 8.95. The van der Waals surface area contributed by atoms with Gasteiger partial charge in [-0.25, -0.2) is 4.99 Å². The van der Waals surface area contributed by atoms with Gasteiger partial charge < -0.3 is 19.5 Å². The van der Waals surface area contributed by atoms with Gasteiger partial charge in [-0.05, 0) is 44.7 Å². The van der Waals surface area contributed by atoms with Crippen LogP contribution < -0.4 is 5.32 Å². The Labute approximate surface area is 173 Å². The van der Waals surface area contributed by atoms with E-state index < -0.39 is 0 Å². The van der Waals surface area contributed by atoms with Gasteiger partial charge in [0.1, 0.15) is 18.5 Å². The third-order valence-electron chi connectivity index (χ3n) is 5.78. The summed E-state index contributed by atoms with van der Waals surface area (Å²) in [4.78, 5) is 7.21. The Kier molecular flexibility index (Phi) is 6.13. The van der Waals surface area contributed by atoms with Crippen LogP contribution in [0.15, 0.2) is 23.2 Å². The average molecular weight is 397 g/mol. The van der Waals surface area contributed by atoms with Crippen molar-refractivity contribution in [3.05, 3.63) is 46.5 Å². The number of hydrogen-bond acceptors (Lipinski definition) is 4. The van der Waals surface area contributed by atoms with E-state index in [0.717, 1.165) is 50.2 Å². The van der Waals surface area contributed by atoms with Crippen molar-refractivity contribution >= 4 is 5.96 Å². The molecule has 4 rings (SSSR count). The second-order valence-electron chi connectivity index (χ2n) is 7.98. The maximum absolute atomic E-state index is 6.12. The van der Waals surface area contributed by atoms with Gasteiger partial charge in [-0.3, -0.25) is 0 Å². The Morgan fingerprint density at radius 2 is 2.14 bits per heavy atom. The zero-order valence-electron chi connectivity index (χ0n) is 17.8. The Bertz CT molecular complexity index is 874. The third-order valence-corrected chi connectivity index (χ3v) is 5.78. The van der Waals surface area contributed by atoms with Gasteiger partial charge in [0.25, 0.3) is 0 Å². The Balaban J connectivity index is 1.50. The number of fused-ring (bicyclic) bond motifs is 1. The van der Waals surface area contributed by atoms with Crippen LogP contribution in [0, 0.1) is 13.8 Å². The number of nitrogens with one attached hydrogen (secondary N) is 1. The number of hydrogen-bond donors (Lipinski definition) is 1. The van der Waals surface area contributed by atoms with Crippen molar-refractivity contribution in [2.45, 2.75) is 59.2 Å². The van der Waals surface area contributed by atoms with Crippen LogP contribution in [-0.4, -0.2) is 51.9 Å². The van der Waals surface area contributed by atoms with E-state index in [1.54, 1.807) is 0 Å². The van der Waals surface area contributed by atoms with Crippen LogP contribution in [0.2, 0.25) is 0 Å².